The van der Waals surface area contributed by atoms with Crippen LogP contribution in [0.15, 0.2) is 35.3 Å². The fraction of sp³-hybridized carbons (Fsp3) is 0.222. The minimum Gasteiger partial charge on any atom is -0.790 e. The molecule has 0 unspecified atom stereocenters. The quantitative estimate of drug-likeness (QED) is 0.353. The zero-order valence-corrected chi connectivity index (χ0v) is 16.9. The average Bonchev–Trinajstić information content (AvgIpc) is 2.70. The molecule has 0 aliphatic heterocycles. The van der Waals surface area contributed by atoms with Crippen LogP contribution in [-0.4, -0.2) is 27.1 Å². The molecule has 30 heavy (non-hydrogen) atoms. The highest BCUT2D eigenvalue weighted by atomic mass is 31.2. The largest absolute Gasteiger partial charge is 0.790 e. The van der Waals surface area contributed by atoms with E-state index >= 15 is 0 Å². The fourth-order valence-electron chi connectivity index (χ4n) is 2.86. The number of methoxy groups -OCH3 is 1. The third-order valence-corrected chi connectivity index (χ3v) is 4.90. The number of aromatic nitrogens is 2. The van der Waals surface area contributed by atoms with E-state index < -0.39 is 20.0 Å². The molecule has 3 N–H and O–H groups in total. The summed E-state index contributed by atoms with van der Waals surface area (Å²) in [6.07, 6.45) is 1.26. The summed E-state index contributed by atoms with van der Waals surface area (Å²) in [5, 5.41) is 23.9. The minimum atomic E-state index is -5.23. The molecule has 0 bridgehead atoms. The molecule has 0 fully saturated rings. The number of nitrogens with zero attached hydrogens (tertiary/aromatic N) is 2. The van der Waals surface area contributed by atoms with Crippen LogP contribution < -0.4 is 25.4 Å². The van der Waals surface area contributed by atoms with E-state index in [2.05, 4.69) is 14.8 Å². The first-order chi connectivity index (χ1) is 14.1. The molecule has 1 aromatic carbocycles. The summed E-state index contributed by atoms with van der Waals surface area (Å²) in [4.78, 5) is 37.9. The van der Waals surface area contributed by atoms with Gasteiger partial charge in [0.15, 0.2) is 0 Å². The number of rotatable bonds is 7. The fourth-order valence-corrected chi connectivity index (χ4v) is 3.16. The number of aromatic hydroxyl groups is 1. The third-order valence-electron chi connectivity index (χ3n) is 4.45. The van der Waals surface area contributed by atoms with Crippen molar-refractivity contribution in [2.75, 3.05) is 12.4 Å². The van der Waals surface area contributed by atoms with Gasteiger partial charge in [-0.05, 0) is 25.1 Å². The van der Waals surface area contributed by atoms with E-state index in [1.165, 1.54) is 32.4 Å². The molecule has 3 rings (SSSR count). The van der Waals surface area contributed by atoms with Crippen LogP contribution in [-0.2, 0) is 22.2 Å². The Hall–Kier alpha value is -3.11. The predicted molar refractivity (Wildman–Crippen MR) is 102 cm³/mol. The monoisotopic (exact) mass is 435 g/mol. The lowest BCUT2D eigenvalue weighted by Crippen LogP contribution is -2.22. The van der Waals surface area contributed by atoms with Gasteiger partial charge in [-0.1, -0.05) is 0 Å². The van der Waals surface area contributed by atoms with Crippen molar-refractivity contribution in [2.45, 2.75) is 20.1 Å². The molecule has 0 aliphatic rings. The number of nitrogens with one attached hydrogen (secondary N) is 1. The molecule has 0 saturated carbocycles. The van der Waals surface area contributed by atoms with E-state index in [9.17, 15) is 29.5 Å². The average molecular weight is 435 g/mol. The Labute approximate surface area is 170 Å². The Bertz CT molecular complexity index is 1200. The van der Waals surface area contributed by atoms with E-state index in [-0.39, 0.29) is 40.3 Å². The zero-order valence-electron chi connectivity index (χ0n) is 16.0. The molecule has 0 radical (unpaired) electrons. The normalized spacial score (nSPS) is 11.6. The number of phosphoric acid groups is 1. The first-order valence-corrected chi connectivity index (χ1v) is 10.1. The van der Waals surface area contributed by atoms with Gasteiger partial charge >= 0.3 is 5.56 Å². The van der Waals surface area contributed by atoms with Crippen LogP contribution in [0.1, 0.15) is 16.8 Å². The number of hydrogen-bond donors (Lipinski definition) is 3. The first-order valence-electron chi connectivity index (χ1n) is 8.60. The Balaban J connectivity index is 1.94. The van der Waals surface area contributed by atoms with Gasteiger partial charge in [0.1, 0.15) is 17.2 Å². The van der Waals surface area contributed by atoms with Crippen LogP contribution in [0.5, 0.6) is 11.5 Å². The van der Waals surface area contributed by atoms with Crippen molar-refractivity contribution in [2.24, 2.45) is 0 Å². The van der Waals surface area contributed by atoms with Crippen molar-refractivity contribution >= 4 is 24.4 Å². The van der Waals surface area contributed by atoms with Gasteiger partial charge in [0.05, 0.1) is 32.8 Å². The molecule has 3 aromatic rings. The lowest BCUT2D eigenvalue weighted by atomic mass is 10.1. The zero-order chi connectivity index (χ0) is 22.1. The molecular weight excluding hydrogens is 417 g/mol. The van der Waals surface area contributed by atoms with E-state index in [0.29, 0.717) is 15.9 Å². The van der Waals surface area contributed by atoms with Crippen LogP contribution in [0, 0.1) is 6.92 Å². The lowest BCUT2D eigenvalue weighted by Gasteiger charge is -2.29. The van der Waals surface area contributed by atoms with Crippen molar-refractivity contribution in [1.82, 2.24) is 9.71 Å². The third kappa shape index (κ3) is 4.55. The highest BCUT2D eigenvalue weighted by Gasteiger charge is 2.15. The van der Waals surface area contributed by atoms with Crippen LogP contribution in [0.4, 0.5) is 5.69 Å². The molecule has 0 aliphatic carbocycles. The van der Waals surface area contributed by atoms with E-state index in [0.717, 1.165) is 0 Å². The summed E-state index contributed by atoms with van der Waals surface area (Å²) in [6.45, 7) is 0.774. The summed E-state index contributed by atoms with van der Waals surface area (Å²) >= 11 is 0. The number of phosphoric ester groups is 1. The molecule has 0 atom stereocenters. The van der Waals surface area contributed by atoms with Crippen molar-refractivity contribution in [3.63, 3.8) is 0 Å². The van der Waals surface area contributed by atoms with E-state index in [1.807, 2.05) is 0 Å². The number of ether oxygens (including phenoxy) is 1. The second-order valence-electron chi connectivity index (χ2n) is 6.37. The van der Waals surface area contributed by atoms with Gasteiger partial charge in [-0.2, -0.15) is 0 Å². The molecule has 2 aromatic heterocycles. The molecule has 2 heterocycles. The summed E-state index contributed by atoms with van der Waals surface area (Å²) in [5.74, 6) is 0.214. The molecule has 0 saturated heterocycles. The minimum absolute atomic E-state index is 0.0224. The number of aryl methyl sites for hydroxylation is 1. The SMILES string of the molecule is COc1ccc2cc(NCc3c(COP(=O)([O-])[O-])cnc(C)c3O)c(=O)n(O)c2c1. The predicted octanol–water partition coefficient (Wildman–Crippen LogP) is 0.614. The van der Waals surface area contributed by atoms with Crippen molar-refractivity contribution < 1.29 is 33.9 Å². The second kappa shape index (κ2) is 8.33. The molecule has 0 spiro atoms. The number of fused-ring (bicyclic) bond motifs is 1. The van der Waals surface area contributed by atoms with Gasteiger partial charge < -0.3 is 39.2 Å². The Morgan fingerprint density at radius 3 is 2.70 bits per heavy atom. The van der Waals surface area contributed by atoms with E-state index in [1.54, 1.807) is 12.1 Å². The smallest absolute Gasteiger partial charge is 0.306 e. The van der Waals surface area contributed by atoms with Crippen LogP contribution in [0.2, 0.25) is 0 Å². The van der Waals surface area contributed by atoms with Crippen molar-refractivity contribution in [3.8, 4) is 11.5 Å². The second-order valence-corrected chi connectivity index (χ2v) is 7.52. The molecule has 160 valence electrons. The highest BCUT2D eigenvalue weighted by molar-refractivity contribution is 7.43. The Morgan fingerprint density at radius 1 is 1.30 bits per heavy atom. The number of anilines is 1. The number of hydrogen-bond acceptors (Lipinski definition) is 10. The maximum Gasteiger partial charge on any atom is 0.306 e. The molecule has 12 heteroatoms. The van der Waals surface area contributed by atoms with Crippen molar-refractivity contribution in [3.05, 3.63) is 57.6 Å². The van der Waals surface area contributed by atoms with Gasteiger partial charge in [0, 0.05) is 35.3 Å². The standard InChI is InChI=1S/C18H20N3O8P/c1-10-17(22)14(12(7-19-10)9-29-30(25,26)27)8-20-15-5-11-3-4-13(28-2)6-16(11)21(24)18(15)23/h3-7,20,22,24H,8-9H2,1-2H3,(H2,25,26,27)/p-2. The van der Waals surface area contributed by atoms with Crippen molar-refractivity contribution in [1.29, 1.82) is 0 Å². The van der Waals surface area contributed by atoms with Gasteiger partial charge in [0.2, 0.25) is 0 Å². The molecule has 11 nitrogen and oxygen atoms in total. The Morgan fingerprint density at radius 2 is 2.03 bits per heavy atom. The summed E-state index contributed by atoms with van der Waals surface area (Å²) in [7, 11) is -3.77. The summed E-state index contributed by atoms with van der Waals surface area (Å²) in [6, 6.07) is 6.32. The summed E-state index contributed by atoms with van der Waals surface area (Å²) in [5.41, 5.74) is 0.107. The van der Waals surface area contributed by atoms with Gasteiger partial charge in [-0.25, -0.2) is 0 Å². The van der Waals surface area contributed by atoms with Gasteiger partial charge in [0.25, 0.3) is 0 Å². The van der Waals surface area contributed by atoms with Crippen LogP contribution in [0.25, 0.3) is 10.9 Å². The summed E-state index contributed by atoms with van der Waals surface area (Å²) < 4.78 is 20.6. The molecule has 0 amide bonds. The maximum atomic E-state index is 12.5. The van der Waals surface area contributed by atoms with E-state index in [4.69, 9.17) is 4.74 Å². The number of benzene rings is 1. The Kier molecular flexibility index (Phi) is 5.99. The maximum absolute atomic E-state index is 12.5. The number of pyridine rings is 2. The van der Waals surface area contributed by atoms with Crippen LogP contribution in [0.3, 0.4) is 0 Å². The first kappa shape index (κ1) is 21.6. The van der Waals surface area contributed by atoms with Gasteiger partial charge in [-0.3, -0.25) is 9.78 Å². The lowest BCUT2D eigenvalue weighted by molar-refractivity contribution is -0.342. The highest BCUT2D eigenvalue weighted by Crippen LogP contribution is 2.31. The topological polar surface area (TPSA) is 169 Å². The van der Waals surface area contributed by atoms with Gasteiger partial charge in [-0.15, -0.1) is 4.73 Å². The van der Waals surface area contributed by atoms with Crippen LogP contribution >= 0.6 is 7.82 Å². The molecular formula is C18H18N3O8P-2.